The molecule has 1 N–H and O–H groups in total. The minimum Gasteiger partial charge on any atom is -0.327 e. The standard InChI is InChI=1S/C29H22N4O4/c1-31-25-23(28(36)32(2)29(31)37)22(24(34)17-11-5-3-6-12-17)21-19-15-9-10-16-20(19)33(26(21)30-25)27(35)18-13-7-4-8-14-18/h3-16,22,30H,1-2H3. The van der Waals surface area contributed by atoms with Crippen LogP contribution in [0, 0.1) is 0 Å². The summed E-state index contributed by atoms with van der Waals surface area (Å²) in [6.45, 7) is 0. The third kappa shape index (κ3) is 3.22. The molecule has 8 nitrogen and oxygen atoms in total. The van der Waals surface area contributed by atoms with E-state index in [1.54, 1.807) is 48.5 Å². The number of hydrogen-bond donors (Lipinski definition) is 1. The van der Waals surface area contributed by atoms with E-state index in [9.17, 15) is 19.2 Å². The number of Topliss-reactive ketones (excluding diaryl/α,β-unsaturated/α-hetero) is 1. The molecule has 5 aromatic rings. The molecule has 0 fully saturated rings. The van der Waals surface area contributed by atoms with Crippen molar-refractivity contribution >= 4 is 34.2 Å². The molecule has 37 heavy (non-hydrogen) atoms. The first-order valence-electron chi connectivity index (χ1n) is 11.8. The molecular formula is C29H22N4O4. The summed E-state index contributed by atoms with van der Waals surface area (Å²) in [4.78, 5) is 54.3. The topological polar surface area (TPSA) is 95.1 Å². The Morgan fingerprint density at radius 2 is 1.30 bits per heavy atom. The quantitative estimate of drug-likeness (QED) is 0.388. The Hall–Kier alpha value is -4.98. The highest BCUT2D eigenvalue weighted by Gasteiger charge is 2.41. The predicted molar refractivity (Wildman–Crippen MR) is 141 cm³/mol. The van der Waals surface area contributed by atoms with Crippen molar-refractivity contribution in [3.8, 4) is 0 Å². The van der Waals surface area contributed by atoms with E-state index in [0.29, 0.717) is 33.4 Å². The van der Waals surface area contributed by atoms with Gasteiger partial charge in [0.15, 0.2) is 5.78 Å². The van der Waals surface area contributed by atoms with Crippen LogP contribution in [0.25, 0.3) is 10.9 Å². The Bertz CT molecular complexity index is 1850. The monoisotopic (exact) mass is 490 g/mol. The fourth-order valence-electron chi connectivity index (χ4n) is 5.17. The van der Waals surface area contributed by atoms with E-state index in [0.717, 1.165) is 4.57 Å². The van der Waals surface area contributed by atoms with E-state index in [2.05, 4.69) is 5.32 Å². The summed E-state index contributed by atoms with van der Waals surface area (Å²) in [5.74, 6) is -1.07. The molecule has 0 bridgehead atoms. The summed E-state index contributed by atoms with van der Waals surface area (Å²) in [7, 11) is 2.93. The van der Waals surface area contributed by atoms with E-state index >= 15 is 0 Å². The number of fused-ring (bicyclic) bond motifs is 4. The number of rotatable bonds is 3. The second kappa shape index (κ2) is 8.30. The summed E-state index contributed by atoms with van der Waals surface area (Å²) >= 11 is 0. The minimum atomic E-state index is -1.03. The van der Waals surface area contributed by atoms with Gasteiger partial charge in [-0.05, 0) is 18.2 Å². The van der Waals surface area contributed by atoms with Gasteiger partial charge in [0.25, 0.3) is 11.5 Å². The van der Waals surface area contributed by atoms with E-state index in [1.807, 2.05) is 36.4 Å². The van der Waals surface area contributed by atoms with Crippen LogP contribution in [-0.4, -0.2) is 25.4 Å². The molecule has 8 heteroatoms. The first-order chi connectivity index (χ1) is 17.9. The van der Waals surface area contributed by atoms with Crippen LogP contribution in [0.1, 0.15) is 37.8 Å². The smallest absolute Gasteiger partial charge is 0.327 e. The number of benzene rings is 3. The van der Waals surface area contributed by atoms with Crippen LogP contribution in [0.4, 0.5) is 11.6 Å². The lowest BCUT2D eigenvalue weighted by atomic mass is 9.82. The lowest BCUT2D eigenvalue weighted by Gasteiger charge is -2.28. The summed E-state index contributed by atoms with van der Waals surface area (Å²) < 4.78 is 3.83. The third-order valence-corrected chi connectivity index (χ3v) is 6.97. The molecule has 1 aliphatic rings. The Morgan fingerprint density at radius 1 is 0.703 bits per heavy atom. The molecule has 6 rings (SSSR count). The number of aromatic nitrogens is 3. The number of para-hydroxylation sites is 1. The Balaban J connectivity index is 1.73. The molecule has 0 spiro atoms. The molecule has 3 heterocycles. The number of carbonyl (C=O) groups is 2. The van der Waals surface area contributed by atoms with Crippen LogP contribution in [0.3, 0.4) is 0 Å². The van der Waals surface area contributed by atoms with Crippen LogP contribution in [0.15, 0.2) is 94.5 Å². The molecule has 2 aromatic heterocycles. The maximum Gasteiger partial charge on any atom is 0.332 e. The molecule has 1 aliphatic heterocycles. The minimum absolute atomic E-state index is 0.168. The highest BCUT2D eigenvalue weighted by molar-refractivity contribution is 6.13. The van der Waals surface area contributed by atoms with Crippen molar-refractivity contribution in [2.24, 2.45) is 14.1 Å². The van der Waals surface area contributed by atoms with Crippen molar-refractivity contribution in [3.63, 3.8) is 0 Å². The van der Waals surface area contributed by atoms with Crippen molar-refractivity contribution in [1.82, 2.24) is 13.7 Å². The number of ketones is 1. The number of anilines is 2. The predicted octanol–water partition coefficient (Wildman–Crippen LogP) is 3.80. The van der Waals surface area contributed by atoms with Gasteiger partial charge in [-0.3, -0.25) is 28.1 Å². The zero-order chi connectivity index (χ0) is 25.8. The molecular weight excluding hydrogens is 468 g/mol. The summed E-state index contributed by atoms with van der Waals surface area (Å²) in [6, 6.07) is 24.9. The Morgan fingerprint density at radius 3 is 1.97 bits per heavy atom. The van der Waals surface area contributed by atoms with E-state index < -0.39 is 17.2 Å². The van der Waals surface area contributed by atoms with E-state index in [4.69, 9.17) is 0 Å². The first-order valence-corrected chi connectivity index (χ1v) is 11.8. The van der Waals surface area contributed by atoms with Crippen LogP contribution < -0.4 is 16.6 Å². The van der Waals surface area contributed by atoms with Gasteiger partial charge in [0.1, 0.15) is 11.6 Å². The van der Waals surface area contributed by atoms with Gasteiger partial charge in [-0.25, -0.2) is 4.79 Å². The van der Waals surface area contributed by atoms with Gasteiger partial charge in [0, 0.05) is 36.2 Å². The second-order valence-electron chi connectivity index (χ2n) is 9.04. The lowest BCUT2D eigenvalue weighted by Crippen LogP contribution is -2.43. The summed E-state index contributed by atoms with van der Waals surface area (Å²) in [5, 5.41) is 3.87. The first kappa shape index (κ1) is 22.5. The number of carbonyl (C=O) groups excluding carboxylic acids is 2. The highest BCUT2D eigenvalue weighted by atomic mass is 16.2. The van der Waals surface area contributed by atoms with Crippen molar-refractivity contribution in [2.45, 2.75) is 5.92 Å². The zero-order valence-electron chi connectivity index (χ0n) is 20.1. The fourth-order valence-corrected chi connectivity index (χ4v) is 5.17. The maximum absolute atomic E-state index is 14.1. The highest BCUT2D eigenvalue weighted by Crippen LogP contribution is 2.46. The van der Waals surface area contributed by atoms with Gasteiger partial charge in [-0.2, -0.15) is 0 Å². The number of hydrogen-bond acceptors (Lipinski definition) is 5. The lowest BCUT2D eigenvalue weighted by molar-refractivity contribution is 0.0956. The number of nitrogens with zero attached hydrogens (tertiary/aromatic N) is 3. The van der Waals surface area contributed by atoms with Crippen LogP contribution >= 0.6 is 0 Å². The third-order valence-electron chi connectivity index (χ3n) is 6.97. The maximum atomic E-state index is 14.1. The molecule has 182 valence electrons. The average molecular weight is 491 g/mol. The Kier molecular flexibility index (Phi) is 5.05. The van der Waals surface area contributed by atoms with Crippen LogP contribution in [0.5, 0.6) is 0 Å². The van der Waals surface area contributed by atoms with Crippen molar-refractivity contribution in [1.29, 1.82) is 0 Å². The summed E-state index contributed by atoms with van der Waals surface area (Å²) in [6.07, 6.45) is 0. The summed E-state index contributed by atoms with van der Waals surface area (Å²) in [5.41, 5.74) is 1.07. The SMILES string of the molecule is Cn1c2c(c(=O)n(C)c1=O)C(C(=O)c1ccccc1)c1c(n(C(=O)c3ccccc3)c3ccccc13)N2. The van der Waals surface area contributed by atoms with Gasteiger partial charge in [-0.1, -0.05) is 66.7 Å². The van der Waals surface area contributed by atoms with Crippen molar-refractivity contribution in [3.05, 3.63) is 128 Å². The zero-order valence-corrected chi connectivity index (χ0v) is 20.1. The van der Waals surface area contributed by atoms with Gasteiger partial charge >= 0.3 is 5.69 Å². The number of nitrogens with one attached hydrogen (secondary N) is 1. The average Bonchev–Trinajstić information content (AvgIpc) is 3.28. The van der Waals surface area contributed by atoms with Gasteiger partial charge in [0.2, 0.25) is 0 Å². The second-order valence-corrected chi connectivity index (χ2v) is 9.04. The van der Waals surface area contributed by atoms with Crippen LogP contribution in [0.2, 0.25) is 0 Å². The molecule has 0 radical (unpaired) electrons. The van der Waals surface area contributed by atoms with Crippen LogP contribution in [-0.2, 0) is 14.1 Å². The van der Waals surface area contributed by atoms with E-state index in [-0.39, 0.29) is 23.1 Å². The van der Waals surface area contributed by atoms with Gasteiger partial charge in [-0.15, -0.1) is 0 Å². The molecule has 0 aliphatic carbocycles. The molecule has 0 saturated carbocycles. The molecule has 0 saturated heterocycles. The molecule has 0 amide bonds. The molecule has 3 aromatic carbocycles. The normalized spacial score (nSPS) is 14.1. The largest absolute Gasteiger partial charge is 0.332 e. The van der Waals surface area contributed by atoms with Gasteiger partial charge < -0.3 is 5.32 Å². The fraction of sp³-hybridized carbons (Fsp3) is 0.103. The molecule has 1 unspecified atom stereocenters. The van der Waals surface area contributed by atoms with Crippen molar-refractivity contribution in [2.75, 3.05) is 5.32 Å². The van der Waals surface area contributed by atoms with Gasteiger partial charge in [0.05, 0.1) is 17.0 Å². The molecule has 1 atom stereocenters. The van der Waals surface area contributed by atoms with Crippen molar-refractivity contribution < 1.29 is 9.59 Å². The van der Waals surface area contributed by atoms with E-state index in [1.165, 1.54) is 23.2 Å². The Labute approximate surface area is 211 Å².